The molecule has 1 aromatic carbocycles. The smallest absolute Gasteiger partial charge is 0.429 e. The summed E-state index contributed by atoms with van der Waals surface area (Å²) in [6, 6.07) is 7.81. The monoisotopic (exact) mass is 338 g/mol. The van der Waals surface area contributed by atoms with Gasteiger partial charge in [-0.25, -0.2) is 0 Å². The Balaban J connectivity index is 1.84. The van der Waals surface area contributed by atoms with Gasteiger partial charge in [0.25, 0.3) is 5.91 Å². The highest BCUT2D eigenvalue weighted by Gasteiger charge is 2.48. The zero-order chi connectivity index (χ0) is 17.3. The Morgan fingerprint density at radius 2 is 2.08 bits per heavy atom. The average molecular weight is 338 g/mol. The number of nitrogens with one attached hydrogen (secondary N) is 1. The summed E-state index contributed by atoms with van der Waals surface area (Å²) in [6.45, 7) is 1.63. The lowest BCUT2D eigenvalue weighted by Crippen LogP contribution is -2.43. The highest BCUT2D eigenvalue weighted by Crippen LogP contribution is 2.37. The van der Waals surface area contributed by atoms with Crippen LogP contribution in [0.15, 0.2) is 40.4 Å². The number of hydrogen-bond donors (Lipinski definition) is 1. The maximum atomic E-state index is 13.2. The molecular weight excluding hydrogens is 325 g/mol. The molecule has 0 saturated heterocycles. The highest BCUT2D eigenvalue weighted by molar-refractivity contribution is 6.00. The van der Waals surface area contributed by atoms with E-state index in [0.29, 0.717) is 17.0 Å². The molecule has 1 aliphatic heterocycles. The number of halogens is 3. The lowest BCUT2D eigenvalue weighted by atomic mass is 10.0. The molecule has 0 radical (unpaired) electrons. The molecule has 0 aliphatic carbocycles. The number of aryl methyl sites for hydroxylation is 1. The summed E-state index contributed by atoms with van der Waals surface area (Å²) in [5, 5.41) is 6.08. The van der Waals surface area contributed by atoms with Crippen molar-refractivity contribution in [1.82, 2.24) is 10.5 Å². The third-order valence-electron chi connectivity index (χ3n) is 3.42. The summed E-state index contributed by atoms with van der Waals surface area (Å²) < 4.78 is 49.6. The van der Waals surface area contributed by atoms with Crippen LogP contribution >= 0.6 is 0 Å². The zero-order valence-corrected chi connectivity index (χ0v) is 12.6. The van der Waals surface area contributed by atoms with Crippen molar-refractivity contribution in [2.45, 2.75) is 25.7 Å². The van der Waals surface area contributed by atoms with E-state index < -0.39 is 23.8 Å². The number of carbonyl (C=O) groups excluding carboxylic acids is 1. The van der Waals surface area contributed by atoms with Gasteiger partial charge in [0.2, 0.25) is 6.10 Å². The Morgan fingerprint density at radius 1 is 1.33 bits per heavy atom. The lowest BCUT2D eigenvalue weighted by Gasteiger charge is -2.28. The summed E-state index contributed by atoms with van der Waals surface area (Å²) in [5.41, 5.74) is 0.337. The summed E-state index contributed by atoms with van der Waals surface area (Å²) >= 11 is 0. The van der Waals surface area contributed by atoms with Crippen LogP contribution in [0.25, 0.3) is 6.08 Å². The third kappa shape index (κ3) is 3.27. The van der Waals surface area contributed by atoms with Gasteiger partial charge in [-0.1, -0.05) is 23.4 Å². The number of carbonyl (C=O) groups is 1. The summed E-state index contributed by atoms with van der Waals surface area (Å²) in [4.78, 5) is 12.2. The van der Waals surface area contributed by atoms with Gasteiger partial charge in [-0.05, 0) is 19.1 Å². The van der Waals surface area contributed by atoms with Crippen molar-refractivity contribution >= 4 is 12.0 Å². The fourth-order valence-electron chi connectivity index (χ4n) is 2.34. The largest absolute Gasteiger partial charge is 0.475 e. The third-order valence-corrected chi connectivity index (χ3v) is 3.42. The Hall–Kier alpha value is -2.77. The minimum Gasteiger partial charge on any atom is -0.475 e. The maximum absolute atomic E-state index is 13.2. The zero-order valence-electron chi connectivity index (χ0n) is 12.6. The Labute approximate surface area is 135 Å². The molecule has 1 aromatic heterocycles. The first-order valence-electron chi connectivity index (χ1n) is 7.09. The number of ether oxygens (including phenoxy) is 1. The first kappa shape index (κ1) is 16.1. The molecule has 5 nitrogen and oxygen atoms in total. The number of nitrogens with zero attached hydrogens (tertiary/aromatic N) is 1. The molecular formula is C16H13F3N2O3. The normalized spacial score (nSPS) is 16.8. The first-order chi connectivity index (χ1) is 11.3. The molecule has 8 heteroatoms. The van der Waals surface area contributed by atoms with Crippen LogP contribution in [0.3, 0.4) is 0 Å². The van der Waals surface area contributed by atoms with E-state index in [0.717, 1.165) is 0 Å². The molecule has 3 rings (SSSR count). The molecule has 1 atom stereocenters. The molecule has 0 unspecified atom stereocenters. The predicted octanol–water partition coefficient (Wildman–Crippen LogP) is 3.01. The highest BCUT2D eigenvalue weighted by atomic mass is 19.4. The van der Waals surface area contributed by atoms with Gasteiger partial charge in [0, 0.05) is 11.6 Å². The molecule has 2 heterocycles. The number of fused-ring (bicyclic) bond motifs is 1. The van der Waals surface area contributed by atoms with Gasteiger partial charge in [0.15, 0.2) is 0 Å². The second-order valence-electron chi connectivity index (χ2n) is 5.29. The van der Waals surface area contributed by atoms with E-state index in [9.17, 15) is 18.0 Å². The van der Waals surface area contributed by atoms with Crippen LogP contribution in [-0.4, -0.2) is 23.3 Å². The number of alkyl halides is 3. The Kier molecular flexibility index (Phi) is 4.04. The second kappa shape index (κ2) is 6.03. The van der Waals surface area contributed by atoms with Gasteiger partial charge >= 0.3 is 6.18 Å². The van der Waals surface area contributed by atoms with Crippen LogP contribution in [0.4, 0.5) is 13.2 Å². The van der Waals surface area contributed by atoms with E-state index in [1.807, 2.05) is 0 Å². The van der Waals surface area contributed by atoms with E-state index in [2.05, 4.69) is 10.5 Å². The molecule has 2 aromatic rings. The molecule has 1 aliphatic rings. The van der Waals surface area contributed by atoms with Crippen LogP contribution in [-0.2, 0) is 11.3 Å². The number of amides is 1. The summed E-state index contributed by atoms with van der Waals surface area (Å²) in [5.74, 6) is -0.238. The van der Waals surface area contributed by atoms with Crippen LogP contribution in [0.5, 0.6) is 5.75 Å². The van der Waals surface area contributed by atoms with Gasteiger partial charge in [-0.3, -0.25) is 4.79 Å². The topological polar surface area (TPSA) is 64.4 Å². The maximum Gasteiger partial charge on any atom is 0.429 e. The van der Waals surface area contributed by atoms with E-state index >= 15 is 0 Å². The predicted molar refractivity (Wildman–Crippen MR) is 78.0 cm³/mol. The van der Waals surface area contributed by atoms with Gasteiger partial charge < -0.3 is 14.6 Å². The van der Waals surface area contributed by atoms with Crippen molar-refractivity contribution in [3.05, 3.63) is 52.9 Å². The molecule has 24 heavy (non-hydrogen) atoms. The van der Waals surface area contributed by atoms with Gasteiger partial charge in [-0.2, -0.15) is 13.2 Å². The molecule has 126 valence electrons. The van der Waals surface area contributed by atoms with Crippen LogP contribution in [0.1, 0.15) is 17.0 Å². The Bertz CT molecular complexity index is 796. The standard InChI is InChI=1S/C16H13F3N2O3/c1-9-6-11(21-24-9)8-20-15(22)12-7-10-4-2-3-5-13(10)23-14(12)16(17,18)19/h2-7,14H,8H2,1H3,(H,20,22)/t14-/m1/s1. The fraction of sp³-hybridized carbons (Fsp3) is 0.250. The minimum absolute atomic E-state index is 0.0419. The van der Waals surface area contributed by atoms with Crippen molar-refractivity contribution in [3.8, 4) is 5.75 Å². The molecule has 0 fully saturated rings. The van der Waals surface area contributed by atoms with Crippen LogP contribution in [0, 0.1) is 6.92 Å². The van der Waals surface area contributed by atoms with Crippen LogP contribution < -0.4 is 10.1 Å². The number of para-hydroxylation sites is 1. The van der Waals surface area contributed by atoms with E-state index in [4.69, 9.17) is 9.26 Å². The van der Waals surface area contributed by atoms with Crippen LogP contribution in [0.2, 0.25) is 0 Å². The van der Waals surface area contributed by atoms with Crippen molar-refractivity contribution < 1.29 is 27.2 Å². The Morgan fingerprint density at radius 3 is 2.75 bits per heavy atom. The van der Waals surface area contributed by atoms with Crippen molar-refractivity contribution in [1.29, 1.82) is 0 Å². The van der Waals surface area contributed by atoms with Gasteiger partial charge in [0.1, 0.15) is 17.2 Å². The quantitative estimate of drug-likeness (QED) is 0.934. The number of aromatic nitrogens is 1. The number of rotatable bonds is 3. The average Bonchev–Trinajstić information content (AvgIpc) is 2.96. The molecule has 0 spiro atoms. The van der Waals surface area contributed by atoms with E-state index in [-0.39, 0.29) is 12.3 Å². The SMILES string of the molecule is Cc1cc(CNC(=O)C2=Cc3ccccc3O[C@H]2C(F)(F)F)no1. The van der Waals surface area contributed by atoms with Gasteiger partial charge in [0.05, 0.1) is 12.1 Å². The second-order valence-corrected chi connectivity index (χ2v) is 5.29. The lowest BCUT2D eigenvalue weighted by molar-refractivity contribution is -0.185. The van der Waals surface area contributed by atoms with Gasteiger partial charge in [-0.15, -0.1) is 0 Å². The minimum atomic E-state index is -4.71. The number of benzene rings is 1. The summed E-state index contributed by atoms with van der Waals surface area (Å²) in [6.07, 6.45) is -5.83. The van der Waals surface area contributed by atoms with Crippen molar-refractivity contribution in [3.63, 3.8) is 0 Å². The molecule has 0 saturated carbocycles. The molecule has 1 N–H and O–H groups in total. The van der Waals surface area contributed by atoms with E-state index in [1.165, 1.54) is 12.1 Å². The summed E-state index contributed by atoms with van der Waals surface area (Å²) in [7, 11) is 0. The van der Waals surface area contributed by atoms with Crippen molar-refractivity contribution in [2.24, 2.45) is 0 Å². The fourth-order valence-corrected chi connectivity index (χ4v) is 2.34. The number of hydrogen-bond acceptors (Lipinski definition) is 4. The van der Waals surface area contributed by atoms with Crippen molar-refractivity contribution in [2.75, 3.05) is 0 Å². The molecule has 0 bridgehead atoms. The first-order valence-corrected chi connectivity index (χ1v) is 7.09. The molecule has 1 amide bonds. The van der Waals surface area contributed by atoms with E-state index in [1.54, 1.807) is 31.2 Å².